The number of carbonyl (C=O) groups is 1. The monoisotopic (exact) mass is 396 g/mol. The maximum atomic E-state index is 11.7. The number of nitrogens with one attached hydrogen (secondary N) is 1. The zero-order valence-corrected chi connectivity index (χ0v) is 17.2. The molecule has 2 saturated carbocycles. The lowest BCUT2D eigenvalue weighted by atomic mass is 10.1. The van der Waals surface area contributed by atoms with Crippen LogP contribution in [0, 0.1) is 11.8 Å². The Balaban J connectivity index is 1.35. The molecule has 2 aliphatic rings. The highest BCUT2D eigenvalue weighted by molar-refractivity contribution is 8.00. The highest BCUT2D eigenvalue weighted by Gasteiger charge is 2.43. The predicted octanol–water partition coefficient (Wildman–Crippen LogP) is 5.39. The smallest absolute Gasteiger partial charge is 0.309 e. The first-order valence-corrected chi connectivity index (χ1v) is 11.2. The van der Waals surface area contributed by atoms with Crippen molar-refractivity contribution in [3.63, 3.8) is 0 Å². The second kappa shape index (κ2) is 8.99. The summed E-state index contributed by atoms with van der Waals surface area (Å²) in [6.07, 6.45) is 8.12. The summed E-state index contributed by atoms with van der Waals surface area (Å²) in [5.41, 5.74) is 3.51. The zero-order valence-electron chi connectivity index (χ0n) is 16.4. The van der Waals surface area contributed by atoms with Crippen LogP contribution >= 0.6 is 11.8 Å². The first kappa shape index (κ1) is 19.3. The van der Waals surface area contributed by atoms with E-state index in [1.54, 1.807) is 0 Å². The standard InChI is InChI=1S/C23H28N2O2S/c1-2-27-23(26)21-14-17(21)15-25-18-11-9-16(10-12-18)20-8-5-13-24-22(20)28-19-6-3-4-7-19/h5,8-13,17,19,21,25H,2-4,6-7,14-15H2,1H3. The Bertz CT molecular complexity index is 803. The highest BCUT2D eigenvalue weighted by Crippen LogP contribution is 2.40. The summed E-state index contributed by atoms with van der Waals surface area (Å²) in [7, 11) is 0. The van der Waals surface area contributed by atoms with Gasteiger partial charge < -0.3 is 10.1 Å². The topological polar surface area (TPSA) is 51.2 Å². The van der Waals surface area contributed by atoms with Crippen LogP contribution in [0.5, 0.6) is 0 Å². The quantitative estimate of drug-likeness (QED) is 0.606. The van der Waals surface area contributed by atoms with Crippen LogP contribution < -0.4 is 5.32 Å². The maximum absolute atomic E-state index is 11.7. The van der Waals surface area contributed by atoms with Gasteiger partial charge in [0.2, 0.25) is 0 Å². The second-order valence-corrected chi connectivity index (χ2v) is 8.98. The lowest BCUT2D eigenvalue weighted by Gasteiger charge is -2.13. The number of benzene rings is 1. The van der Waals surface area contributed by atoms with Gasteiger partial charge in [-0.2, -0.15) is 0 Å². The van der Waals surface area contributed by atoms with E-state index in [-0.39, 0.29) is 11.9 Å². The third-order valence-corrected chi connectivity index (χ3v) is 6.98. The number of hydrogen-bond acceptors (Lipinski definition) is 5. The lowest BCUT2D eigenvalue weighted by molar-refractivity contribution is -0.145. The van der Waals surface area contributed by atoms with Crippen molar-refractivity contribution in [2.75, 3.05) is 18.5 Å². The van der Waals surface area contributed by atoms with Crippen LogP contribution in [0.3, 0.4) is 0 Å². The molecule has 1 aromatic carbocycles. The molecule has 0 saturated heterocycles. The Hall–Kier alpha value is -2.01. The van der Waals surface area contributed by atoms with Gasteiger partial charge in [0.25, 0.3) is 0 Å². The van der Waals surface area contributed by atoms with Crippen molar-refractivity contribution in [3.8, 4) is 11.1 Å². The Morgan fingerprint density at radius 2 is 2.00 bits per heavy atom. The summed E-state index contributed by atoms with van der Waals surface area (Å²) < 4.78 is 5.10. The summed E-state index contributed by atoms with van der Waals surface area (Å²) in [6.45, 7) is 3.14. The Morgan fingerprint density at radius 3 is 2.75 bits per heavy atom. The van der Waals surface area contributed by atoms with Crippen molar-refractivity contribution in [1.29, 1.82) is 0 Å². The minimum absolute atomic E-state index is 0.0477. The van der Waals surface area contributed by atoms with Crippen molar-refractivity contribution in [3.05, 3.63) is 42.6 Å². The van der Waals surface area contributed by atoms with Crippen LogP contribution in [0.4, 0.5) is 5.69 Å². The first-order valence-electron chi connectivity index (χ1n) is 10.4. The molecule has 2 atom stereocenters. The molecule has 0 amide bonds. The van der Waals surface area contributed by atoms with E-state index in [9.17, 15) is 4.79 Å². The zero-order chi connectivity index (χ0) is 19.3. The highest BCUT2D eigenvalue weighted by atomic mass is 32.2. The number of hydrogen-bond donors (Lipinski definition) is 1. The molecule has 0 aliphatic heterocycles. The molecular formula is C23H28N2O2S. The van der Waals surface area contributed by atoms with Crippen LogP contribution in [0.25, 0.3) is 11.1 Å². The van der Waals surface area contributed by atoms with Crippen molar-refractivity contribution in [2.45, 2.75) is 49.3 Å². The van der Waals surface area contributed by atoms with Gasteiger partial charge in [-0.05, 0) is 55.9 Å². The third-order valence-electron chi connectivity index (χ3n) is 5.63. The van der Waals surface area contributed by atoms with Crippen LogP contribution in [-0.2, 0) is 9.53 Å². The van der Waals surface area contributed by atoms with E-state index < -0.39 is 0 Å². The summed E-state index contributed by atoms with van der Waals surface area (Å²) >= 11 is 1.94. The molecule has 4 rings (SSSR count). The number of carbonyl (C=O) groups excluding carboxylic acids is 1. The molecule has 5 heteroatoms. The summed E-state index contributed by atoms with van der Waals surface area (Å²) in [6, 6.07) is 12.7. The average Bonchev–Trinajstić information content (AvgIpc) is 3.33. The van der Waals surface area contributed by atoms with E-state index >= 15 is 0 Å². The normalized spacial score (nSPS) is 21.5. The molecule has 2 aliphatic carbocycles. The SMILES string of the molecule is CCOC(=O)C1CC1CNc1ccc(-c2cccnc2SC2CCCC2)cc1. The molecule has 2 aromatic rings. The number of anilines is 1. The van der Waals surface area contributed by atoms with Gasteiger partial charge in [-0.25, -0.2) is 4.98 Å². The molecular weight excluding hydrogens is 368 g/mol. The van der Waals surface area contributed by atoms with E-state index in [0.717, 1.165) is 23.7 Å². The summed E-state index contributed by atoms with van der Waals surface area (Å²) in [4.78, 5) is 16.4. The average molecular weight is 397 g/mol. The molecule has 1 N–H and O–H groups in total. The van der Waals surface area contributed by atoms with Crippen LogP contribution in [0.2, 0.25) is 0 Å². The molecule has 1 aromatic heterocycles. The molecule has 4 nitrogen and oxygen atoms in total. The van der Waals surface area contributed by atoms with E-state index in [1.165, 1.54) is 36.8 Å². The molecule has 0 bridgehead atoms. The number of ether oxygens (including phenoxy) is 1. The van der Waals surface area contributed by atoms with Crippen molar-refractivity contribution in [1.82, 2.24) is 4.98 Å². The van der Waals surface area contributed by atoms with Gasteiger partial charge >= 0.3 is 5.97 Å². The fourth-order valence-corrected chi connectivity index (χ4v) is 5.22. The number of aromatic nitrogens is 1. The number of esters is 1. The van der Waals surface area contributed by atoms with Gasteiger partial charge in [-0.1, -0.05) is 31.0 Å². The Labute approximate surface area is 171 Å². The van der Waals surface area contributed by atoms with E-state index in [2.05, 4.69) is 40.6 Å². The Kier molecular flexibility index (Phi) is 6.20. The molecule has 1 heterocycles. The summed E-state index contributed by atoms with van der Waals surface area (Å²) in [5.74, 6) is 0.428. The fourth-order valence-electron chi connectivity index (χ4n) is 3.90. The van der Waals surface area contributed by atoms with Crippen LogP contribution in [-0.4, -0.2) is 29.4 Å². The molecule has 0 radical (unpaired) electrons. The van der Waals surface area contributed by atoms with Crippen LogP contribution in [0.15, 0.2) is 47.6 Å². The van der Waals surface area contributed by atoms with Crippen molar-refractivity contribution in [2.24, 2.45) is 11.8 Å². The van der Waals surface area contributed by atoms with E-state index in [0.29, 0.717) is 17.8 Å². The molecule has 0 spiro atoms. The molecule has 28 heavy (non-hydrogen) atoms. The first-order chi connectivity index (χ1) is 13.7. The van der Waals surface area contributed by atoms with Gasteiger partial charge in [-0.15, -0.1) is 11.8 Å². The number of nitrogens with zero attached hydrogens (tertiary/aromatic N) is 1. The van der Waals surface area contributed by atoms with Gasteiger partial charge in [0.05, 0.1) is 12.5 Å². The van der Waals surface area contributed by atoms with Gasteiger partial charge in [0.15, 0.2) is 0 Å². The number of pyridine rings is 1. The minimum Gasteiger partial charge on any atom is -0.466 e. The van der Waals surface area contributed by atoms with Crippen LogP contribution in [0.1, 0.15) is 39.0 Å². The molecule has 148 valence electrons. The van der Waals surface area contributed by atoms with Gasteiger partial charge in [0, 0.05) is 29.2 Å². The maximum Gasteiger partial charge on any atom is 0.309 e. The molecule has 2 unspecified atom stereocenters. The Morgan fingerprint density at radius 1 is 1.21 bits per heavy atom. The van der Waals surface area contributed by atoms with E-state index in [4.69, 9.17) is 4.74 Å². The second-order valence-electron chi connectivity index (χ2n) is 7.69. The third kappa shape index (κ3) is 4.69. The van der Waals surface area contributed by atoms with E-state index in [1.807, 2.05) is 30.9 Å². The molecule has 2 fully saturated rings. The lowest BCUT2D eigenvalue weighted by Crippen LogP contribution is -2.11. The minimum atomic E-state index is -0.0477. The largest absolute Gasteiger partial charge is 0.466 e. The van der Waals surface area contributed by atoms with Gasteiger partial charge in [-0.3, -0.25) is 4.79 Å². The fraction of sp³-hybridized carbons (Fsp3) is 0.478. The van der Waals surface area contributed by atoms with Crippen molar-refractivity contribution < 1.29 is 9.53 Å². The number of thioether (sulfide) groups is 1. The summed E-state index contributed by atoms with van der Waals surface area (Å²) in [5, 5.41) is 5.31. The number of rotatable bonds is 8. The van der Waals surface area contributed by atoms with Crippen molar-refractivity contribution >= 4 is 23.4 Å². The van der Waals surface area contributed by atoms with Gasteiger partial charge in [0.1, 0.15) is 5.03 Å². The predicted molar refractivity (Wildman–Crippen MR) is 115 cm³/mol.